The lowest BCUT2D eigenvalue weighted by Gasteiger charge is -2.35. The molecule has 2 rings (SSSR count). The van der Waals surface area contributed by atoms with Crippen molar-refractivity contribution in [1.82, 2.24) is 9.62 Å². The van der Waals surface area contributed by atoms with Crippen LogP contribution in [-0.4, -0.2) is 63.0 Å². The number of benzene rings is 1. The molecule has 0 saturated carbocycles. The molecule has 0 spiro atoms. The maximum Gasteiger partial charge on any atom is 0.226 e. The van der Waals surface area contributed by atoms with Gasteiger partial charge in [0.25, 0.3) is 0 Å². The molecule has 1 aliphatic rings. The van der Waals surface area contributed by atoms with Gasteiger partial charge in [-0.1, -0.05) is 0 Å². The van der Waals surface area contributed by atoms with Crippen LogP contribution in [0.25, 0.3) is 0 Å². The van der Waals surface area contributed by atoms with E-state index in [-0.39, 0.29) is 29.9 Å². The van der Waals surface area contributed by atoms with Crippen LogP contribution in [-0.2, 0) is 14.8 Å². The van der Waals surface area contributed by atoms with E-state index < -0.39 is 15.4 Å². The predicted octanol–water partition coefficient (Wildman–Crippen LogP) is 1.66. The molecule has 0 radical (unpaired) electrons. The molecule has 6 nitrogen and oxygen atoms in total. The molecule has 0 aromatic heterocycles. The minimum Gasteiger partial charge on any atom is -0.369 e. The van der Waals surface area contributed by atoms with Gasteiger partial charge in [-0.3, -0.25) is 4.79 Å². The number of nitrogens with zero attached hydrogens (tertiary/aromatic N) is 2. The monoisotopic (exact) mass is 405 g/mol. The molecule has 9 heteroatoms. The number of sulfonamides is 1. The maximum atomic E-state index is 13.0. The number of rotatable bonds is 7. The second-order valence-electron chi connectivity index (χ2n) is 6.95. The average molecular weight is 406 g/mol. The molecule has 1 heterocycles. The number of anilines is 1. The summed E-state index contributed by atoms with van der Waals surface area (Å²) in [5, 5.41) is 2.63. The summed E-state index contributed by atoms with van der Waals surface area (Å²) in [4.78, 5) is 14.0. The van der Waals surface area contributed by atoms with Crippen LogP contribution in [0.2, 0.25) is 0 Å². The zero-order chi connectivity index (χ0) is 19.4. The SMILES string of the molecule is CC(C)(CCl)C(=O)NCCS(=O)(=O)N1CCN(c2ccc(F)cc2)CC1. The minimum atomic E-state index is -3.44. The largest absolute Gasteiger partial charge is 0.369 e. The Bertz CT molecular complexity index is 717. The Hall–Kier alpha value is -1.38. The quantitative estimate of drug-likeness (QED) is 0.700. The van der Waals surface area contributed by atoms with Crippen LogP contribution in [0.15, 0.2) is 24.3 Å². The fourth-order valence-corrected chi connectivity index (χ4v) is 4.06. The third-order valence-corrected chi connectivity index (χ3v) is 6.96. The van der Waals surface area contributed by atoms with E-state index in [0.717, 1.165) is 5.69 Å². The summed E-state index contributed by atoms with van der Waals surface area (Å²) in [7, 11) is -3.44. The van der Waals surface area contributed by atoms with Crippen molar-refractivity contribution in [3.63, 3.8) is 0 Å². The van der Waals surface area contributed by atoms with Gasteiger partial charge in [0.05, 0.1) is 11.2 Å². The van der Waals surface area contributed by atoms with Crippen molar-refractivity contribution in [2.75, 3.05) is 49.3 Å². The van der Waals surface area contributed by atoms with Crippen molar-refractivity contribution in [3.8, 4) is 0 Å². The third kappa shape index (κ3) is 5.31. The molecule has 1 saturated heterocycles. The van der Waals surface area contributed by atoms with E-state index in [9.17, 15) is 17.6 Å². The summed E-state index contributed by atoms with van der Waals surface area (Å²) in [6.45, 7) is 5.27. The lowest BCUT2D eigenvalue weighted by atomic mass is 9.95. The first kappa shape index (κ1) is 20.9. The van der Waals surface area contributed by atoms with Crippen molar-refractivity contribution in [3.05, 3.63) is 30.1 Å². The van der Waals surface area contributed by atoms with E-state index >= 15 is 0 Å². The molecule has 1 aromatic carbocycles. The lowest BCUT2D eigenvalue weighted by Crippen LogP contribution is -2.50. The Morgan fingerprint density at radius 3 is 2.31 bits per heavy atom. The molecular weight excluding hydrogens is 381 g/mol. The summed E-state index contributed by atoms with van der Waals surface area (Å²) < 4.78 is 39.3. The molecule has 0 unspecified atom stereocenters. The first-order chi connectivity index (χ1) is 12.2. The van der Waals surface area contributed by atoms with Crippen molar-refractivity contribution < 1.29 is 17.6 Å². The molecular formula is C17H25ClFN3O3S. The average Bonchev–Trinajstić information content (AvgIpc) is 2.62. The number of piperazine rings is 1. The van der Waals surface area contributed by atoms with E-state index in [1.54, 1.807) is 26.0 Å². The fourth-order valence-electron chi connectivity index (χ4n) is 2.60. The molecule has 1 aromatic rings. The van der Waals surface area contributed by atoms with E-state index in [0.29, 0.717) is 26.2 Å². The summed E-state index contributed by atoms with van der Waals surface area (Å²) in [6.07, 6.45) is 0. The highest BCUT2D eigenvalue weighted by atomic mass is 35.5. The summed E-state index contributed by atoms with van der Waals surface area (Å²) >= 11 is 5.74. The van der Waals surface area contributed by atoms with Crippen molar-refractivity contribution in [2.24, 2.45) is 5.41 Å². The zero-order valence-electron chi connectivity index (χ0n) is 15.0. The number of hydrogen-bond donors (Lipinski definition) is 1. The fraction of sp³-hybridized carbons (Fsp3) is 0.588. The highest BCUT2D eigenvalue weighted by Gasteiger charge is 2.29. The molecule has 0 bridgehead atoms. The first-order valence-corrected chi connectivity index (χ1v) is 10.6. The van der Waals surface area contributed by atoms with Crippen LogP contribution in [0, 0.1) is 11.2 Å². The highest BCUT2D eigenvalue weighted by Crippen LogP contribution is 2.19. The smallest absolute Gasteiger partial charge is 0.226 e. The van der Waals surface area contributed by atoms with Gasteiger partial charge in [-0.2, -0.15) is 4.31 Å². The van der Waals surface area contributed by atoms with Gasteiger partial charge >= 0.3 is 0 Å². The van der Waals surface area contributed by atoms with Crippen LogP contribution in [0.5, 0.6) is 0 Å². The maximum absolute atomic E-state index is 13.0. The molecule has 1 aliphatic heterocycles. The second-order valence-corrected chi connectivity index (χ2v) is 9.31. The summed E-state index contributed by atoms with van der Waals surface area (Å²) in [5.41, 5.74) is 0.144. The number of hydrogen-bond acceptors (Lipinski definition) is 4. The Labute approximate surface area is 159 Å². The van der Waals surface area contributed by atoms with Crippen molar-refractivity contribution in [2.45, 2.75) is 13.8 Å². The van der Waals surface area contributed by atoms with Gasteiger partial charge in [0, 0.05) is 44.3 Å². The highest BCUT2D eigenvalue weighted by molar-refractivity contribution is 7.89. The van der Waals surface area contributed by atoms with Gasteiger partial charge in [0.1, 0.15) is 5.82 Å². The van der Waals surface area contributed by atoms with E-state index in [1.807, 2.05) is 4.90 Å². The molecule has 26 heavy (non-hydrogen) atoms. The summed E-state index contributed by atoms with van der Waals surface area (Å²) in [5.74, 6) is -0.539. The molecule has 1 amide bonds. The molecule has 0 atom stereocenters. The second kappa shape index (κ2) is 8.54. The first-order valence-electron chi connectivity index (χ1n) is 8.48. The molecule has 0 aliphatic carbocycles. The van der Waals surface area contributed by atoms with Crippen LogP contribution >= 0.6 is 11.6 Å². The van der Waals surface area contributed by atoms with Gasteiger partial charge in [0.2, 0.25) is 15.9 Å². The lowest BCUT2D eigenvalue weighted by molar-refractivity contribution is -0.128. The van der Waals surface area contributed by atoms with Gasteiger partial charge in [0.15, 0.2) is 0 Å². The topological polar surface area (TPSA) is 69.7 Å². The van der Waals surface area contributed by atoms with Crippen molar-refractivity contribution in [1.29, 1.82) is 0 Å². The standard InChI is InChI=1S/C17H25ClFN3O3S/c1-17(2,13-18)16(23)20-7-12-26(24,25)22-10-8-21(9-11-22)15-5-3-14(19)4-6-15/h3-6H,7-13H2,1-2H3,(H,20,23). The predicted molar refractivity (Wildman–Crippen MR) is 101 cm³/mol. The van der Waals surface area contributed by atoms with Gasteiger partial charge in [-0.05, 0) is 38.1 Å². The number of amides is 1. The number of halogens is 2. The summed E-state index contributed by atoms with van der Waals surface area (Å²) in [6, 6.07) is 6.16. The van der Waals surface area contributed by atoms with Crippen LogP contribution in [0.3, 0.4) is 0 Å². The molecule has 146 valence electrons. The normalized spacial score (nSPS) is 16.5. The third-order valence-electron chi connectivity index (χ3n) is 4.42. The molecule has 1 fully saturated rings. The number of nitrogens with one attached hydrogen (secondary N) is 1. The van der Waals surface area contributed by atoms with Crippen molar-refractivity contribution >= 4 is 33.2 Å². The Kier molecular flexibility index (Phi) is 6.87. The van der Waals surface area contributed by atoms with Crippen LogP contribution in [0.4, 0.5) is 10.1 Å². The van der Waals surface area contributed by atoms with E-state index in [1.165, 1.54) is 16.4 Å². The Balaban J connectivity index is 1.83. The van der Waals surface area contributed by atoms with Gasteiger partial charge in [-0.15, -0.1) is 11.6 Å². The number of carbonyl (C=O) groups excluding carboxylic acids is 1. The zero-order valence-corrected chi connectivity index (χ0v) is 16.6. The van der Waals surface area contributed by atoms with E-state index in [2.05, 4.69) is 5.32 Å². The number of alkyl halides is 1. The van der Waals surface area contributed by atoms with Crippen LogP contribution in [0.1, 0.15) is 13.8 Å². The van der Waals surface area contributed by atoms with Gasteiger partial charge in [-0.25, -0.2) is 12.8 Å². The number of carbonyl (C=O) groups is 1. The van der Waals surface area contributed by atoms with Crippen LogP contribution < -0.4 is 10.2 Å². The van der Waals surface area contributed by atoms with Gasteiger partial charge < -0.3 is 10.2 Å². The Morgan fingerprint density at radius 2 is 1.77 bits per heavy atom. The Morgan fingerprint density at radius 1 is 1.19 bits per heavy atom. The molecule has 1 N–H and O–H groups in total. The van der Waals surface area contributed by atoms with E-state index in [4.69, 9.17) is 11.6 Å². The minimum absolute atomic E-state index is 0.0552.